The minimum Gasteiger partial charge on any atom is -0.310 e. The van der Waals surface area contributed by atoms with Crippen LogP contribution in [0.2, 0.25) is 0 Å². The first kappa shape index (κ1) is 41.8. The Morgan fingerprint density at radius 2 is 0.778 bits per heavy atom. The predicted octanol–water partition coefficient (Wildman–Crippen LogP) is 18.7. The minimum atomic E-state index is -0.136. The molecule has 0 radical (unpaired) electrons. The van der Waals surface area contributed by atoms with E-state index >= 15 is 0 Å². The third-order valence-corrected chi connectivity index (χ3v) is 15.3. The molecular formula is C69H49N3. The van der Waals surface area contributed by atoms with Gasteiger partial charge in [-0.05, 0) is 141 Å². The lowest BCUT2D eigenvalue weighted by Crippen LogP contribution is -2.16. The molecule has 2 aromatic heterocycles. The average molecular weight is 920 g/mol. The molecule has 1 aliphatic carbocycles. The summed E-state index contributed by atoms with van der Waals surface area (Å²) in [5.74, 6) is 0. The van der Waals surface area contributed by atoms with Crippen LogP contribution in [0.25, 0.3) is 99.5 Å². The summed E-state index contributed by atoms with van der Waals surface area (Å²) in [5.41, 5.74) is 22.8. The van der Waals surface area contributed by atoms with Crippen molar-refractivity contribution >= 4 is 60.7 Å². The molecule has 0 fully saturated rings. The van der Waals surface area contributed by atoms with Crippen molar-refractivity contribution < 1.29 is 0 Å². The molecule has 72 heavy (non-hydrogen) atoms. The number of hydrogen-bond acceptors (Lipinski definition) is 1. The standard InChI is InChI=1S/C69H49N3/c1-69(2)60-27-14-12-24-56(60)68-61(69)28-17-31-66(68)70(54-40-34-48(35-41-54)55-26-16-30-65-67(55)57-25-13-15-29-62(57)72(65)52-22-10-5-11-23-52)53-38-32-47(33-39-53)50-37-43-64-59(45-50)58-44-49(46-18-6-3-7-19-46)36-42-63(58)71(64)51-20-8-4-9-21-51/h3-45H,1-2H3. The molecule has 13 aromatic rings. The van der Waals surface area contributed by atoms with Crippen molar-refractivity contribution in [1.82, 2.24) is 9.13 Å². The van der Waals surface area contributed by atoms with Gasteiger partial charge in [0, 0.05) is 55.3 Å². The number of rotatable bonds is 8. The average Bonchev–Trinajstić information content (AvgIpc) is 4.04. The maximum absolute atomic E-state index is 2.47. The molecule has 0 unspecified atom stereocenters. The molecule has 14 rings (SSSR count). The Morgan fingerprint density at radius 3 is 1.43 bits per heavy atom. The van der Waals surface area contributed by atoms with Crippen molar-refractivity contribution in [1.29, 1.82) is 0 Å². The van der Waals surface area contributed by atoms with Crippen molar-refractivity contribution in [3.63, 3.8) is 0 Å². The number of anilines is 3. The summed E-state index contributed by atoms with van der Waals surface area (Å²) in [4.78, 5) is 2.47. The molecule has 0 saturated heterocycles. The topological polar surface area (TPSA) is 13.1 Å². The van der Waals surface area contributed by atoms with Crippen LogP contribution in [0.15, 0.2) is 261 Å². The van der Waals surface area contributed by atoms with Gasteiger partial charge in [-0.3, -0.25) is 0 Å². The lowest BCUT2D eigenvalue weighted by Gasteiger charge is -2.29. The highest BCUT2D eigenvalue weighted by molar-refractivity contribution is 6.16. The number of para-hydroxylation sites is 3. The molecule has 0 bridgehead atoms. The monoisotopic (exact) mass is 919 g/mol. The first-order valence-corrected chi connectivity index (χ1v) is 25.0. The Hall–Kier alpha value is -9.18. The molecule has 0 spiro atoms. The SMILES string of the molecule is CC1(C)c2ccccc2-c2c(N(c3ccc(-c4ccc5c(c4)c4cc(-c6ccccc6)ccc4n5-c4ccccc4)cc3)c3ccc(-c4cccc5c4c4ccccc4n5-c4ccccc4)cc3)cccc21. The number of nitrogens with zero attached hydrogens (tertiary/aromatic N) is 3. The molecule has 1 aliphatic rings. The Morgan fingerprint density at radius 1 is 0.319 bits per heavy atom. The Labute approximate surface area is 419 Å². The van der Waals surface area contributed by atoms with Gasteiger partial charge in [-0.15, -0.1) is 0 Å². The molecule has 3 heteroatoms. The van der Waals surface area contributed by atoms with E-state index in [1.807, 2.05) is 0 Å². The van der Waals surface area contributed by atoms with Crippen LogP contribution in [0.3, 0.4) is 0 Å². The Balaban J connectivity index is 0.906. The van der Waals surface area contributed by atoms with Crippen LogP contribution < -0.4 is 4.90 Å². The quantitative estimate of drug-likeness (QED) is 0.148. The molecular weight excluding hydrogens is 871 g/mol. The summed E-state index contributed by atoms with van der Waals surface area (Å²) in [6, 6.07) is 95.8. The number of aromatic nitrogens is 2. The number of hydrogen-bond donors (Lipinski definition) is 0. The Kier molecular flexibility index (Phi) is 9.56. The molecule has 0 N–H and O–H groups in total. The van der Waals surface area contributed by atoms with Gasteiger partial charge in [-0.25, -0.2) is 0 Å². The van der Waals surface area contributed by atoms with E-state index in [-0.39, 0.29) is 5.41 Å². The summed E-state index contributed by atoms with van der Waals surface area (Å²) in [7, 11) is 0. The van der Waals surface area contributed by atoms with Crippen molar-refractivity contribution in [3.05, 3.63) is 272 Å². The van der Waals surface area contributed by atoms with Crippen molar-refractivity contribution in [2.75, 3.05) is 4.90 Å². The summed E-state index contributed by atoms with van der Waals surface area (Å²) < 4.78 is 4.79. The molecule has 3 nitrogen and oxygen atoms in total. The van der Waals surface area contributed by atoms with E-state index in [0.717, 1.165) is 22.7 Å². The highest BCUT2D eigenvalue weighted by Gasteiger charge is 2.37. The molecule has 340 valence electrons. The second-order valence-corrected chi connectivity index (χ2v) is 19.7. The second kappa shape index (κ2) is 16.5. The number of fused-ring (bicyclic) bond motifs is 9. The summed E-state index contributed by atoms with van der Waals surface area (Å²) in [5, 5.41) is 4.98. The fourth-order valence-corrected chi connectivity index (χ4v) is 11.9. The highest BCUT2D eigenvalue weighted by Crippen LogP contribution is 2.54. The van der Waals surface area contributed by atoms with Gasteiger partial charge >= 0.3 is 0 Å². The van der Waals surface area contributed by atoms with Gasteiger partial charge in [-0.1, -0.05) is 184 Å². The maximum atomic E-state index is 2.47. The lowest BCUT2D eigenvalue weighted by molar-refractivity contribution is 0.660. The normalized spacial score (nSPS) is 12.7. The third-order valence-electron chi connectivity index (χ3n) is 15.3. The molecule has 0 saturated carbocycles. The van der Waals surface area contributed by atoms with Crippen LogP contribution in [0.5, 0.6) is 0 Å². The van der Waals surface area contributed by atoms with E-state index in [1.165, 1.54) is 105 Å². The molecule has 11 aromatic carbocycles. The predicted molar refractivity (Wildman–Crippen MR) is 304 cm³/mol. The first-order valence-electron chi connectivity index (χ1n) is 25.0. The summed E-state index contributed by atoms with van der Waals surface area (Å²) >= 11 is 0. The van der Waals surface area contributed by atoms with E-state index in [2.05, 4.69) is 289 Å². The van der Waals surface area contributed by atoms with Crippen LogP contribution in [-0.4, -0.2) is 9.13 Å². The van der Waals surface area contributed by atoms with Crippen molar-refractivity contribution in [3.8, 4) is 55.9 Å². The molecule has 0 atom stereocenters. The second-order valence-electron chi connectivity index (χ2n) is 19.7. The summed E-state index contributed by atoms with van der Waals surface area (Å²) in [6.45, 7) is 4.72. The zero-order valence-electron chi connectivity index (χ0n) is 40.2. The molecule has 2 heterocycles. The van der Waals surface area contributed by atoms with E-state index in [4.69, 9.17) is 0 Å². The summed E-state index contributed by atoms with van der Waals surface area (Å²) in [6.07, 6.45) is 0. The minimum absolute atomic E-state index is 0.136. The first-order chi connectivity index (χ1) is 35.5. The largest absolute Gasteiger partial charge is 0.310 e. The smallest absolute Gasteiger partial charge is 0.0547 e. The van der Waals surface area contributed by atoms with Gasteiger partial charge in [0.05, 0.1) is 27.8 Å². The van der Waals surface area contributed by atoms with Gasteiger partial charge in [0.25, 0.3) is 0 Å². The molecule has 0 amide bonds. The van der Waals surface area contributed by atoms with Gasteiger partial charge in [0.2, 0.25) is 0 Å². The van der Waals surface area contributed by atoms with E-state index in [0.29, 0.717) is 0 Å². The number of benzene rings is 11. The van der Waals surface area contributed by atoms with Crippen molar-refractivity contribution in [2.45, 2.75) is 19.3 Å². The van der Waals surface area contributed by atoms with Crippen LogP contribution in [0, 0.1) is 0 Å². The van der Waals surface area contributed by atoms with Gasteiger partial charge in [0.1, 0.15) is 0 Å². The zero-order valence-corrected chi connectivity index (χ0v) is 40.2. The highest BCUT2D eigenvalue weighted by atomic mass is 15.1. The fraction of sp³-hybridized carbons (Fsp3) is 0.0435. The third kappa shape index (κ3) is 6.51. The van der Waals surface area contributed by atoms with Crippen LogP contribution in [0.4, 0.5) is 17.1 Å². The van der Waals surface area contributed by atoms with E-state index in [1.54, 1.807) is 0 Å². The van der Waals surface area contributed by atoms with E-state index in [9.17, 15) is 0 Å². The van der Waals surface area contributed by atoms with Gasteiger partial charge in [-0.2, -0.15) is 0 Å². The molecule has 0 aliphatic heterocycles. The van der Waals surface area contributed by atoms with Gasteiger partial charge in [0.15, 0.2) is 0 Å². The maximum Gasteiger partial charge on any atom is 0.0547 e. The van der Waals surface area contributed by atoms with Crippen LogP contribution >= 0.6 is 0 Å². The lowest BCUT2D eigenvalue weighted by atomic mass is 9.82. The Bertz CT molecular complexity index is 4200. The fourth-order valence-electron chi connectivity index (χ4n) is 11.9. The van der Waals surface area contributed by atoms with Crippen molar-refractivity contribution in [2.24, 2.45) is 0 Å². The zero-order chi connectivity index (χ0) is 47.9. The van der Waals surface area contributed by atoms with E-state index < -0.39 is 0 Å². The van der Waals surface area contributed by atoms with Crippen LogP contribution in [-0.2, 0) is 5.41 Å². The van der Waals surface area contributed by atoms with Gasteiger partial charge < -0.3 is 14.0 Å². The van der Waals surface area contributed by atoms with Crippen LogP contribution in [0.1, 0.15) is 25.0 Å².